The Morgan fingerprint density at radius 1 is 1.08 bits per heavy atom. The molecule has 1 aliphatic heterocycles. The average molecular weight is 357 g/mol. The summed E-state index contributed by atoms with van der Waals surface area (Å²) >= 11 is 0. The number of piperazine rings is 1. The quantitative estimate of drug-likeness (QED) is 0.792. The van der Waals surface area contributed by atoms with E-state index in [0.717, 1.165) is 44.8 Å². The van der Waals surface area contributed by atoms with E-state index in [9.17, 15) is 0 Å². The smallest absolute Gasteiger partial charge is 0.168 e. The summed E-state index contributed by atoms with van der Waals surface area (Å²) in [7, 11) is 0. The Kier molecular flexibility index (Phi) is 5.91. The van der Waals surface area contributed by atoms with Gasteiger partial charge in [-0.05, 0) is 61.7 Å². The minimum absolute atomic E-state index is 0.288. The zero-order chi connectivity index (χ0) is 18.7. The van der Waals surface area contributed by atoms with Crippen LogP contribution >= 0.6 is 0 Å². The van der Waals surface area contributed by atoms with Crippen LogP contribution < -0.4 is 4.90 Å². The molecular formula is C20H32N6. The van der Waals surface area contributed by atoms with Crippen LogP contribution in [0.15, 0.2) is 18.2 Å². The van der Waals surface area contributed by atoms with Gasteiger partial charge in [0, 0.05) is 31.9 Å². The summed E-state index contributed by atoms with van der Waals surface area (Å²) in [4.78, 5) is 5.09. The molecule has 6 nitrogen and oxygen atoms in total. The Morgan fingerprint density at radius 2 is 1.81 bits per heavy atom. The molecule has 1 aliphatic rings. The molecule has 0 aliphatic carbocycles. The lowest BCUT2D eigenvalue weighted by atomic mass is 10.1. The topological polar surface area (TPSA) is 50.1 Å². The minimum Gasteiger partial charge on any atom is -0.369 e. The first-order valence-corrected chi connectivity index (χ1v) is 9.85. The van der Waals surface area contributed by atoms with Gasteiger partial charge in [0.05, 0.1) is 12.1 Å². The number of aryl methyl sites for hydroxylation is 1. The number of rotatable bonds is 6. The third-order valence-electron chi connectivity index (χ3n) is 5.54. The summed E-state index contributed by atoms with van der Waals surface area (Å²) in [5, 5.41) is 12.5. The van der Waals surface area contributed by atoms with Crippen LogP contribution in [-0.4, -0.2) is 51.3 Å². The Balaban J connectivity index is 1.74. The number of anilines is 1. The van der Waals surface area contributed by atoms with Gasteiger partial charge in [-0.25, -0.2) is 4.68 Å². The summed E-state index contributed by atoms with van der Waals surface area (Å²) in [6, 6.07) is 7.20. The number of tetrazole rings is 1. The molecule has 0 N–H and O–H groups in total. The van der Waals surface area contributed by atoms with Crippen molar-refractivity contribution >= 4 is 5.69 Å². The maximum absolute atomic E-state index is 4.38. The lowest BCUT2D eigenvalue weighted by molar-refractivity contribution is 0.162. The number of hydrogen-bond donors (Lipinski definition) is 0. The molecule has 1 fully saturated rings. The maximum Gasteiger partial charge on any atom is 0.168 e. The predicted octanol–water partition coefficient (Wildman–Crippen LogP) is 3.53. The van der Waals surface area contributed by atoms with Gasteiger partial charge in [0.25, 0.3) is 0 Å². The second kappa shape index (κ2) is 8.16. The van der Waals surface area contributed by atoms with Crippen LogP contribution in [0.1, 0.15) is 62.6 Å². The van der Waals surface area contributed by atoms with Crippen molar-refractivity contribution in [1.82, 2.24) is 25.1 Å². The number of hydrogen-bond acceptors (Lipinski definition) is 5. The highest BCUT2D eigenvalue weighted by Gasteiger charge is 2.29. The average Bonchev–Trinajstić information content (AvgIpc) is 3.12. The van der Waals surface area contributed by atoms with Gasteiger partial charge in [-0.1, -0.05) is 25.5 Å². The lowest BCUT2D eigenvalue weighted by Gasteiger charge is -2.40. The van der Waals surface area contributed by atoms with Gasteiger partial charge in [-0.15, -0.1) is 5.10 Å². The third kappa shape index (κ3) is 3.75. The van der Waals surface area contributed by atoms with E-state index in [1.165, 1.54) is 16.8 Å². The van der Waals surface area contributed by atoms with Crippen LogP contribution in [0, 0.1) is 13.8 Å². The van der Waals surface area contributed by atoms with Gasteiger partial charge in [0.2, 0.25) is 0 Å². The van der Waals surface area contributed by atoms with Crippen molar-refractivity contribution < 1.29 is 0 Å². The summed E-state index contributed by atoms with van der Waals surface area (Å²) in [5.41, 5.74) is 4.14. The second-order valence-electron chi connectivity index (χ2n) is 7.62. The van der Waals surface area contributed by atoms with Crippen molar-refractivity contribution in [2.45, 2.75) is 59.5 Å². The van der Waals surface area contributed by atoms with Gasteiger partial charge >= 0.3 is 0 Å². The molecule has 0 saturated carbocycles. The first kappa shape index (κ1) is 18.8. The Labute approximate surface area is 157 Å². The number of nitrogens with zero attached hydrogens (tertiary/aromatic N) is 6. The Bertz CT molecular complexity index is 715. The van der Waals surface area contributed by atoms with E-state index in [0.29, 0.717) is 6.04 Å². The molecule has 0 bridgehead atoms. The lowest BCUT2D eigenvalue weighted by Crippen LogP contribution is -2.48. The molecule has 1 atom stereocenters. The van der Waals surface area contributed by atoms with Crippen LogP contribution in [0.4, 0.5) is 5.69 Å². The standard InChI is InChI=1S/C20H32N6/c1-6-8-19(20-21-22-23-26(20)15(2)3)25-13-11-24(12-14-25)18-10-7-9-16(4)17(18)5/h7,9-10,15,19H,6,8,11-14H2,1-5H3/t19-/m1/s1. The van der Waals surface area contributed by atoms with Crippen molar-refractivity contribution in [2.75, 3.05) is 31.1 Å². The minimum atomic E-state index is 0.288. The molecular weight excluding hydrogens is 324 g/mol. The van der Waals surface area contributed by atoms with E-state index in [1.807, 2.05) is 4.68 Å². The summed E-state index contributed by atoms with van der Waals surface area (Å²) in [6.07, 6.45) is 2.23. The highest BCUT2D eigenvalue weighted by atomic mass is 15.6. The first-order valence-electron chi connectivity index (χ1n) is 9.85. The van der Waals surface area contributed by atoms with E-state index in [1.54, 1.807) is 0 Å². The van der Waals surface area contributed by atoms with E-state index in [-0.39, 0.29) is 6.04 Å². The molecule has 2 heterocycles. The van der Waals surface area contributed by atoms with Gasteiger partial charge in [-0.2, -0.15) is 0 Å². The molecule has 0 amide bonds. The third-order valence-corrected chi connectivity index (χ3v) is 5.54. The molecule has 1 saturated heterocycles. The molecule has 26 heavy (non-hydrogen) atoms. The van der Waals surface area contributed by atoms with Crippen LogP contribution in [0.25, 0.3) is 0 Å². The fourth-order valence-electron chi connectivity index (χ4n) is 3.89. The zero-order valence-corrected chi connectivity index (χ0v) is 16.8. The molecule has 1 aromatic carbocycles. The predicted molar refractivity (Wildman–Crippen MR) is 106 cm³/mol. The van der Waals surface area contributed by atoms with E-state index in [2.05, 4.69) is 78.1 Å². The molecule has 3 rings (SSSR count). The Hall–Kier alpha value is -1.95. The maximum atomic E-state index is 4.38. The summed E-state index contributed by atoms with van der Waals surface area (Å²) < 4.78 is 1.98. The molecule has 1 aromatic heterocycles. The highest BCUT2D eigenvalue weighted by Crippen LogP contribution is 2.29. The molecule has 2 aromatic rings. The monoisotopic (exact) mass is 356 g/mol. The van der Waals surface area contributed by atoms with Crippen molar-refractivity contribution in [3.05, 3.63) is 35.2 Å². The van der Waals surface area contributed by atoms with Gasteiger partial charge in [-0.3, -0.25) is 4.90 Å². The van der Waals surface area contributed by atoms with Crippen LogP contribution in [-0.2, 0) is 0 Å². The fourth-order valence-corrected chi connectivity index (χ4v) is 3.89. The number of benzene rings is 1. The van der Waals surface area contributed by atoms with Gasteiger partial charge in [0.1, 0.15) is 0 Å². The normalized spacial score (nSPS) is 17.1. The van der Waals surface area contributed by atoms with E-state index >= 15 is 0 Å². The first-order chi connectivity index (χ1) is 12.5. The van der Waals surface area contributed by atoms with Crippen molar-refractivity contribution in [1.29, 1.82) is 0 Å². The fraction of sp³-hybridized carbons (Fsp3) is 0.650. The molecule has 0 radical (unpaired) electrons. The van der Waals surface area contributed by atoms with Crippen molar-refractivity contribution in [2.24, 2.45) is 0 Å². The summed E-state index contributed by atoms with van der Waals surface area (Å²) in [5.74, 6) is 1.02. The van der Waals surface area contributed by atoms with Crippen LogP contribution in [0.3, 0.4) is 0 Å². The van der Waals surface area contributed by atoms with Crippen LogP contribution in [0.5, 0.6) is 0 Å². The van der Waals surface area contributed by atoms with Crippen molar-refractivity contribution in [3.8, 4) is 0 Å². The van der Waals surface area contributed by atoms with Crippen molar-refractivity contribution in [3.63, 3.8) is 0 Å². The molecule has 0 unspecified atom stereocenters. The zero-order valence-electron chi connectivity index (χ0n) is 16.8. The molecule has 142 valence electrons. The molecule has 0 spiro atoms. The largest absolute Gasteiger partial charge is 0.369 e. The SMILES string of the molecule is CCC[C@H](c1nnnn1C(C)C)N1CCN(c2cccc(C)c2C)CC1. The summed E-state index contributed by atoms with van der Waals surface area (Å²) in [6.45, 7) is 15.1. The molecule has 6 heteroatoms. The van der Waals surface area contributed by atoms with Crippen LogP contribution in [0.2, 0.25) is 0 Å². The van der Waals surface area contributed by atoms with E-state index < -0.39 is 0 Å². The highest BCUT2D eigenvalue weighted by molar-refractivity contribution is 5.56. The number of aromatic nitrogens is 4. The van der Waals surface area contributed by atoms with Gasteiger partial charge in [0.15, 0.2) is 5.82 Å². The van der Waals surface area contributed by atoms with Gasteiger partial charge < -0.3 is 4.90 Å². The second-order valence-corrected chi connectivity index (χ2v) is 7.62. The van der Waals surface area contributed by atoms with E-state index in [4.69, 9.17) is 0 Å². The Morgan fingerprint density at radius 3 is 2.46 bits per heavy atom.